The van der Waals surface area contributed by atoms with Gasteiger partial charge in [0.05, 0.1) is 5.56 Å². The molecule has 0 saturated carbocycles. The van der Waals surface area contributed by atoms with Gasteiger partial charge in [-0.2, -0.15) is 0 Å². The Kier molecular flexibility index (Phi) is 4.71. The van der Waals surface area contributed by atoms with E-state index in [9.17, 15) is 9.18 Å². The molecule has 2 aromatic rings. The van der Waals surface area contributed by atoms with E-state index in [1.165, 1.54) is 23.3 Å². The summed E-state index contributed by atoms with van der Waals surface area (Å²) in [5.41, 5.74) is 3.72. The minimum atomic E-state index is -0.468. The summed E-state index contributed by atoms with van der Waals surface area (Å²) in [4.78, 5) is 12.0. The van der Waals surface area contributed by atoms with Gasteiger partial charge in [0.25, 0.3) is 0 Å². The molecule has 0 amide bonds. The topological polar surface area (TPSA) is 17.1 Å². The van der Waals surface area contributed by atoms with Crippen molar-refractivity contribution in [2.24, 2.45) is 0 Å². The van der Waals surface area contributed by atoms with Gasteiger partial charge >= 0.3 is 0 Å². The Morgan fingerprint density at radius 3 is 2.50 bits per heavy atom. The first kappa shape index (κ1) is 14.9. The molecule has 0 saturated heterocycles. The van der Waals surface area contributed by atoms with E-state index >= 15 is 0 Å². The third kappa shape index (κ3) is 3.54. The van der Waals surface area contributed by atoms with Gasteiger partial charge in [0.1, 0.15) is 5.82 Å². The molecule has 0 bridgehead atoms. The average molecular weight is 335 g/mol. The maximum absolute atomic E-state index is 13.7. The fourth-order valence-electron chi connectivity index (χ4n) is 2.07. The van der Waals surface area contributed by atoms with E-state index in [0.29, 0.717) is 17.3 Å². The van der Waals surface area contributed by atoms with Crippen molar-refractivity contribution in [3.05, 3.63) is 68.9 Å². The molecule has 2 aromatic carbocycles. The molecule has 0 radical (unpaired) electrons. The standard InChI is InChI=1S/C17H16BrFO/c1-11-3-4-13(9-12(11)2)5-8-17(20)15-7-6-14(18)10-16(15)19/h3-4,6-7,9-10H,5,8H2,1-2H3. The Morgan fingerprint density at radius 1 is 1.10 bits per heavy atom. The SMILES string of the molecule is Cc1ccc(CCC(=O)c2ccc(Br)cc2F)cc1C. The fraction of sp³-hybridized carbons (Fsp3) is 0.235. The van der Waals surface area contributed by atoms with Crippen LogP contribution in [0.15, 0.2) is 40.9 Å². The quantitative estimate of drug-likeness (QED) is 0.717. The highest BCUT2D eigenvalue weighted by atomic mass is 79.9. The predicted molar refractivity (Wildman–Crippen MR) is 82.7 cm³/mol. The van der Waals surface area contributed by atoms with Crippen LogP contribution in [0.5, 0.6) is 0 Å². The van der Waals surface area contributed by atoms with Crippen molar-refractivity contribution in [3.8, 4) is 0 Å². The van der Waals surface area contributed by atoms with Crippen molar-refractivity contribution in [1.29, 1.82) is 0 Å². The first-order chi connectivity index (χ1) is 9.47. The van der Waals surface area contributed by atoms with Crippen molar-refractivity contribution >= 4 is 21.7 Å². The summed E-state index contributed by atoms with van der Waals surface area (Å²) in [5.74, 6) is -0.627. The van der Waals surface area contributed by atoms with Gasteiger partial charge in [0, 0.05) is 10.9 Å². The second kappa shape index (κ2) is 6.31. The number of carbonyl (C=O) groups excluding carboxylic acids is 1. The molecule has 0 aliphatic rings. The molecule has 0 unspecified atom stereocenters. The van der Waals surface area contributed by atoms with Gasteiger partial charge in [-0.1, -0.05) is 34.1 Å². The zero-order chi connectivity index (χ0) is 14.7. The first-order valence-electron chi connectivity index (χ1n) is 6.52. The molecule has 0 heterocycles. The highest BCUT2D eigenvalue weighted by molar-refractivity contribution is 9.10. The van der Waals surface area contributed by atoms with Crippen molar-refractivity contribution in [2.45, 2.75) is 26.7 Å². The highest BCUT2D eigenvalue weighted by Crippen LogP contribution is 2.18. The van der Waals surface area contributed by atoms with Crippen molar-refractivity contribution < 1.29 is 9.18 Å². The molecule has 0 spiro atoms. The molecule has 0 N–H and O–H groups in total. The number of hydrogen-bond acceptors (Lipinski definition) is 1. The summed E-state index contributed by atoms with van der Waals surface area (Å²) in [6.07, 6.45) is 0.955. The van der Waals surface area contributed by atoms with Crippen molar-refractivity contribution in [3.63, 3.8) is 0 Å². The lowest BCUT2D eigenvalue weighted by molar-refractivity contribution is 0.0979. The normalized spacial score (nSPS) is 10.6. The van der Waals surface area contributed by atoms with Crippen LogP contribution < -0.4 is 0 Å². The van der Waals surface area contributed by atoms with Crippen molar-refractivity contribution in [1.82, 2.24) is 0 Å². The number of hydrogen-bond donors (Lipinski definition) is 0. The van der Waals surface area contributed by atoms with Crippen LogP contribution in [-0.4, -0.2) is 5.78 Å². The Hall–Kier alpha value is -1.48. The summed E-state index contributed by atoms with van der Waals surface area (Å²) in [6.45, 7) is 4.11. The van der Waals surface area contributed by atoms with Gasteiger partial charge < -0.3 is 0 Å². The average Bonchev–Trinajstić information content (AvgIpc) is 2.40. The molecule has 1 nitrogen and oxygen atoms in total. The smallest absolute Gasteiger partial charge is 0.166 e. The molecule has 2 rings (SSSR count). The lowest BCUT2D eigenvalue weighted by Crippen LogP contribution is -2.04. The van der Waals surface area contributed by atoms with Gasteiger partial charge in [0.15, 0.2) is 5.78 Å². The van der Waals surface area contributed by atoms with E-state index in [4.69, 9.17) is 0 Å². The lowest BCUT2D eigenvalue weighted by Gasteiger charge is -2.06. The van der Waals surface area contributed by atoms with Gasteiger partial charge in [-0.15, -0.1) is 0 Å². The largest absolute Gasteiger partial charge is 0.294 e. The maximum Gasteiger partial charge on any atom is 0.166 e. The van der Waals surface area contributed by atoms with Crippen LogP contribution in [0.25, 0.3) is 0 Å². The van der Waals surface area contributed by atoms with Gasteiger partial charge in [-0.25, -0.2) is 4.39 Å². The molecule has 3 heteroatoms. The number of halogens is 2. The number of aryl methyl sites for hydroxylation is 3. The van der Waals surface area contributed by atoms with Crippen LogP contribution in [0.2, 0.25) is 0 Å². The Labute approximate surface area is 127 Å². The van der Waals surface area contributed by atoms with E-state index in [1.807, 2.05) is 6.07 Å². The van der Waals surface area contributed by atoms with Gasteiger partial charge in [-0.05, 0) is 55.2 Å². The number of carbonyl (C=O) groups is 1. The lowest BCUT2D eigenvalue weighted by atomic mass is 9.99. The Morgan fingerprint density at radius 2 is 1.85 bits per heavy atom. The van der Waals surface area contributed by atoms with Crippen LogP contribution >= 0.6 is 15.9 Å². The highest BCUT2D eigenvalue weighted by Gasteiger charge is 2.12. The first-order valence-corrected chi connectivity index (χ1v) is 7.31. The fourth-order valence-corrected chi connectivity index (χ4v) is 2.40. The summed E-state index contributed by atoms with van der Waals surface area (Å²) in [6, 6.07) is 10.7. The van der Waals surface area contributed by atoms with E-state index in [0.717, 1.165) is 5.56 Å². The summed E-state index contributed by atoms with van der Waals surface area (Å²) in [7, 11) is 0. The molecule has 0 aliphatic heterocycles. The zero-order valence-electron chi connectivity index (χ0n) is 11.5. The van der Waals surface area contributed by atoms with E-state index in [1.54, 1.807) is 6.07 Å². The number of rotatable bonds is 4. The Balaban J connectivity index is 2.06. The second-order valence-electron chi connectivity index (χ2n) is 4.97. The zero-order valence-corrected chi connectivity index (χ0v) is 13.1. The summed E-state index contributed by atoms with van der Waals surface area (Å²) in [5, 5.41) is 0. The molecular formula is C17H16BrFO. The third-order valence-electron chi connectivity index (χ3n) is 3.44. The maximum atomic E-state index is 13.7. The Bertz CT molecular complexity index is 649. The van der Waals surface area contributed by atoms with E-state index in [2.05, 4.69) is 41.9 Å². The van der Waals surface area contributed by atoms with Crippen LogP contribution in [0.1, 0.15) is 33.5 Å². The minimum absolute atomic E-state index is 0.159. The summed E-state index contributed by atoms with van der Waals surface area (Å²) >= 11 is 3.18. The molecule has 0 fully saturated rings. The second-order valence-corrected chi connectivity index (χ2v) is 5.88. The van der Waals surface area contributed by atoms with E-state index in [-0.39, 0.29) is 11.3 Å². The molecule has 104 valence electrons. The monoisotopic (exact) mass is 334 g/mol. The molecule has 0 aromatic heterocycles. The predicted octanol–water partition coefficient (Wildman–Crippen LogP) is 5.02. The number of ketones is 1. The van der Waals surface area contributed by atoms with Crippen LogP contribution in [-0.2, 0) is 6.42 Å². The van der Waals surface area contributed by atoms with Crippen molar-refractivity contribution in [2.75, 3.05) is 0 Å². The molecule has 20 heavy (non-hydrogen) atoms. The number of Topliss-reactive ketones (excluding diaryl/α,β-unsaturated/α-hetero) is 1. The van der Waals surface area contributed by atoms with Crippen LogP contribution in [0.3, 0.4) is 0 Å². The third-order valence-corrected chi connectivity index (χ3v) is 3.94. The molecule has 0 atom stereocenters. The molecule has 0 aliphatic carbocycles. The minimum Gasteiger partial charge on any atom is -0.294 e. The number of benzene rings is 2. The molecular weight excluding hydrogens is 319 g/mol. The van der Waals surface area contributed by atoms with Crippen LogP contribution in [0.4, 0.5) is 4.39 Å². The van der Waals surface area contributed by atoms with Gasteiger partial charge in [-0.3, -0.25) is 4.79 Å². The van der Waals surface area contributed by atoms with Crippen LogP contribution in [0, 0.1) is 19.7 Å². The summed E-state index contributed by atoms with van der Waals surface area (Å²) < 4.78 is 14.3. The van der Waals surface area contributed by atoms with Gasteiger partial charge in [0.2, 0.25) is 0 Å². The van der Waals surface area contributed by atoms with E-state index < -0.39 is 5.82 Å².